The Labute approximate surface area is 635 Å². The summed E-state index contributed by atoms with van der Waals surface area (Å²) >= 11 is 0. The molecule has 22 N–H and O–H groups in total. The first-order valence-corrected chi connectivity index (χ1v) is 36.2. The lowest BCUT2D eigenvalue weighted by Gasteiger charge is -2.46. The first-order valence-electron chi connectivity index (χ1n) is 36.2. The molecule has 0 bridgehead atoms. The molecule has 2 aromatic heterocycles. The Balaban J connectivity index is 0.795. The van der Waals surface area contributed by atoms with Gasteiger partial charge in [0.1, 0.15) is 79.3 Å². The summed E-state index contributed by atoms with van der Waals surface area (Å²) in [4.78, 5) is 111. The van der Waals surface area contributed by atoms with Crippen LogP contribution in [0.2, 0.25) is 0 Å². The molecule has 0 spiro atoms. The third-order valence-electron chi connectivity index (χ3n) is 18.4. The van der Waals surface area contributed by atoms with Crippen LogP contribution in [0, 0.1) is 5.92 Å². The van der Waals surface area contributed by atoms with Crippen molar-refractivity contribution in [2.45, 2.75) is 200 Å². The van der Waals surface area contributed by atoms with Crippen LogP contribution in [-0.4, -0.2) is 345 Å². The van der Waals surface area contributed by atoms with Gasteiger partial charge in [-0.3, -0.25) is 24.0 Å². The molecule has 5 heterocycles. The number of nitrogens with two attached hydrogens (primary N) is 3. The third-order valence-corrected chi connectivity index (χ3v) is 18.4. The summed E-state index contributed by atoms with van der Waals surface area (Å²) in [5, 5.41) is 133. The highest BCUT2D eigenvalue weighted by Crippen LogP contribution is 2.34. The number of hydroxylamine groups is 1. The number of rotatable bonds is 47. The van der Waals surface area contributed by atoms with Crippen LogP contribution in [0.3, 0.4) is 0 Å². The minimum absolute atomic E-state index is 0.00440. The SMILES string of the molecule is CN(Cc1cnc2nc(N)nc(N)c2n1)c1ccc(C(=O)N[C@H](CCC(=O)OCCCCCC(=O)NCCOCCOC2O[C@@H](CO)[C@@H](O)[C@H](O)[C@@H]2O[C@H]2C[C@H](CO)[C@@H](O)[C@H](NOC=O)[C@@H]2O)C(=O)OCCCCCC(=O)NCCOCCOC2O[C@H](CO)[C@H](O)[C@@H](O)[C@H]2O[C@@H]2O[C@@H](CO)[C@H](O)[C@@H](OC(N)=O)[C@H]2O)cc1. The van der Waals surface area contributed by atoms with Crippen LogP contribution in [-0.2, 0) is 92.2 Å². The van der Waals surface area contributed by atoms with Crippen LogP contribution in [0.25, 0.3) is 11.2 Å². The Kier molecular flexibility index (Phi) is 37.8. The number of hydrogen-bond donors (Lipinski definition) is 19. The smallest absolute Gasteiger partial charge is 0.404 e. The quantitative estimate of drug-likeness (QED) is 0.00821. The largest absolute Gasteiger partial charge is 0.466 e. The molecule has 7 rings (SSSR count). The fourth-order valence-corrected chi connectivity index (χ4v) is 12.4. The van der Waals surface area contributed by atoms with Gasteiger partial charge >= 0.3 is 24.5 Å². The molecule has 3 saturated heterocycles. The van der Waals surface area contributed by atoms with Gasteiger partial charge in [0.2, 0.25) is 17.8 Å². The number of nitrogen functional groups attached to an aromatic ring is 2. The van der Waals surface area contributed by atoms with Crippen molar-refractivity contribution in [1.82, 2.24) is 41.4 Å². The highest BCUT2D eigenvalue weighted by molar-refractivity contribution is 5.97. The molecule has 1 aliphatic carbocycles. The predicted molar refractivity (Wildman–Crippen MR) is 374 cm³/mol. The third kappa shape index (κ3) is 27.2. The number of nitrogens with zero attached hydrogens (tertiary/aromatic N) is 5. The standard InChI is InChI=1S/C67H104N12O32/c1-79(28-36-27-73-60-47(74-36)59(68)76-66(69)77-60)37-12-10-34(11-13-37)61(96)75-38(62(97)102-19-7-3-5-9-44(86)72-17-21-100-23-25-104-65-58(54(94)51(91)41(31-82)109-65)110-63-55(95)56(111-67(70)98)52(92)42(32-83)107-63)14-15-45(87)101-18-6-2-4-8-43(85)71-16-20-99-22-24-103-64-57(53(93)50(90)40(30-81)108-64)106-39-26-35(29-80)48(88)46(49(39)89)78-105-33-84/h10-13,27,33,35,38-42,46,48-58,63-65,78,80-83,88-95H,2-9,14-26,28-32H2,1H3,(H2,70,98)(H,71,85)(H,72,86)(H,75,96)(H4,68,69,73,76,77)/t35-,38-,39+,40+,41-,42+,46+,48-,49-,50-,51+,52+,53+,54-,55-,56-,57+,58-,63+,64?,65?/m1/s1. The van der Waals surface area contributed by atoms with Crippen molar-refractivity contribution in [2.24, 2.45) is 11.7 Å². The number of primary amides is 1. The normalized spacial score (nSPS) is 28.3. The van der Waals surface area contributed by atoms with E-state index >= 15 is 0 Å². The van der Waals surface area contributed by atoms with Gasteiger partial charge in [-0.1, -0.05) is 0 Å². The van der Waals surface area contributed by atoms with Crippen molar-refractivity contribution >= 4 is 70.8 Å². The number of carbonyl (C=O) groups is 7. The Morgan fingerprint density at radius 2 is 1.18 bits per heavy atom. The first-order chi connectivity index (χ1) is 53.3. The molecule has 2 unspecified atom stereocenters. The molecule has 44 heteroatoms. The number of aliphatic hydroxyl groups is 12. The number of nitrogens with one attached hydrogen (secondary N) is 4. The number of unbranched alkanes of at least 4 members (excludes halogenated alkanes) is 4. The molecule has 3 aliphatic heterocycles. The first kappa shape index (κ1) is 90.4. The summed E-state index contributed by atoms with van der Waals surface area (Å²) in [6.45, 7) is -2.89. The van der Waals surface area contributed by atoms with E-state index in [9.17, 15) is 94.8 Å². The molecule has 3 aromatic rings. The van der Waals surface area contributed by atoms with Crippen LogP contribution >= 0.6 is 0 Å². The van der Waals surface area contributed by atoms with Gasteiger partial charge in [0, 0.05) is 63.2 Å². The molecule has 4 fully saturated rings. The molecular formula is C67H104N12O32. The Bertz CT molecular complexity index is 3370. The maximum absolute atomic E-state index is 13.7. The molecule has 1 saturated carbocycles. The van der Waals surface area contributed by atoms with Gasteiger partial charge < -0.3 is 161 Å². The minimum Gasteiger partial charge on any atom is -0.466 e. The lowest BCUT2D eigenvalue weighted by Crippen LogP contribution is -2.65. The number of fused-ring (bicyclic) bond motifs is 1. The van der Waals surface area contributed by atoms with E-state index in [0.717, 1.165) is 0 Å². The van der Waals surface area contributed by atoms with E-state index in [1.807, 2.05) is 4.90 Å². The molecule has 111 heavy (non-hydrogen) atoms. The summed E-state index contributed by atoms with van der Waals surface area (Å²) < 4.78 is 66.8. The maximum atomic E-state index is 13.7. The number of aliphatic hydroxyl groups excluding tert-OH is 12. The zero-order valence-corrected chi connectivity index (χ0v) is 61.0. The van der Waals surface area contributed by atoms with Crippen LogP contribution < -0.4 is 43.5 Å². The van der Waals surface area contributed by atoms with Crippen molar-refractivity contribution in [3.8, 4) is 0 Å². The number of ether oxygens (including phenoxy) is 12. The van der Waals surface area contributed by atoms with Crippen molar-refractivity contribution in [2.75, 3.05) is 116 Å². The summed E-state index contributed by atoms with van der Waals surface area (Å²) in [6.07, 6.45) is -26.0. The fourth-order valence-electron chi connectivity index (χ4n) is 12.4. The monoisotopic (exact) mass is 1590 g/mol. The van der Waals surface area contributed by atoms with Gasteiger partial charge in [-0.2, -0.15) is 9.97 Å². The average molecular weight is 1590 g/mol. The molecule has 0 radical (unpaired) electrons. The number of esters is 2. The van der Waals surface area contributed by atoms with Gasteiger partial charge in [-0.25, -0.2) is 19.6 Å². The van der Waals surface area contributed by atoms with E-state index in [4.69, 9.17) is 74.0 Å². The lowest BCUT2D eigenvalue weighted by molar-refractivity contribution is -0.367. The van der Waals surface area contributed by atoms with E-state index in [2.05, 4.69) is 46.2 Å². The molecule has 4 aliphatic rings. The number of anilines is 3. The van der Waals surface area contributed by atoms with E-state index in [1.54, 1.807) is 31.3 Å². The number of amides is 4. The molecule has 1 aromatic carbocycles. The Morgan fingerprint density at radius 1 is 0.613 bits per heavy atom. The van der Waals surface area contributed by atoms with Crippen LogP contribution in [0.15, 0.2) is 30.5 Å². The molecule has 21 atom stereocenters. The number of aromatic nitrogens is 4. The summed E-state index contributed by atoms with van der Waals surface area (Å²) in [5.41, 5.74) is 20.9. The molecular weight excluding hydrogens is 1480 g/mol. The molecule has 624 valence electrons. The Morgan fingerprint density at radius 3 is 1.75 bits per heavy atom. The molecule has 4 amide bonds. The highest BCUT2D eigenvalue weighted by atomic mass is 16.8. The van der Waals surface area contributed by atoms with Crippen molar-refractivity contribution in [1.29, 1.82) is 0 Å². The molecule has 44 nitrogen and oxygen atoms in total. The van der Waals surface area contributed by atoms with Crippen molar-refractivity contribution in [3.05, 3.63) is 41.7 Å². The average Bonchev–Trinajstić information content (AvgIpc) is 0.790. The number of carbonyl (C=O) groups excluding carboxylic acids is 7. The van der Waals surface area contributed by atoms with E-state index in [1.165, 1.54) is 6.20 Å². The minimum atomic E-state index is -1.92. The fraction of sp³-hybridized carbons (Fsp3) is 0.716. The van der Waals surface area contributed by atoms with Crippen molar-refractivity contribution in [3.63, 3.8) is 0 Å². The highest BCUT2D eigenvalue weighted by Gasteiger charge is 2.54. The van der Waals surface area contributed by atoms with E-state index in [0.29, 0.717) is 49.9 Å². The van der Waals surface area contributed by atoms with E-state index in [-0.39, 0.29) is 151 Å². The summed E-state index contributed by atoms with van der Waals surface area (Å²) in [6, 6.07) is 3.84. The second-order valence-electron chi connectivity index (χ2n) is 26.4. The van der Waals surface area contributed by atoms with Crippen molar-refractivity contribution < 1.29 is 157 Å². The lowest BCUT2D eigenvalue weighted by atomic mass is 9.79. The topological polar surface area (TPSA) is 663 Å². The van der Waals surface area contributed by atoms with Gasteiger partial charge in [0.25, 0.3) is 5.91 Å². The van der Waals surface area contributed by atoms with Gasteiger partial charge in [-0.05, 0) is 75.6 Å². The van der Waals surface area contributed by atoms with Gasteiger partial charge in [-0.15, -0.1) is 5.48 Å². The predicted octanol–water partition coefficient (Wildman–Crippen LogP) is -7.69. The van der Waals surface area contributed by atoms with Crippen LogP contribution in [0.1, 0.15) is 86.7 Å². The van der Waals surface area contributed by atoms with Crippen LogP contribution in [0.4, 0.5) is 22.2 Å². The van der Waals surface area contributed by atoms with Gasteiger partial charge in [0.05, 0.1) is 109 Å². The zero-order chi connectivity index (χ0) is 80.7. The Hall–Kier alpha value is -7.75. The zero-order valence-electron chi connectivity index (χ0n) is 61.0. The summed E-state index contributed by atoms with van der Waals surface area (Å²) in [5.74, 6) is -3.57. The number of hydrogen-bond acceptors (Lipinski definition) is 40. The number of benzene rings is 1. The second kappa shape index (κ2) is 46.4. The van der Waals surface area contributed by atoms with E-state index < -0.39 is 179 Å². The maximum Gasteiger partial charge on any atom is 0.404 e. The second-order valence-corrected chi connectivity index (χ2v) is 26.4. The van der Waals surface area contributed by atoms with Gasteiger partial charge in [0.15, 0.2) is 42.0 Å². The summed E-state index contributed by atoms with van der Waals surface area (Å²) in [7, 11) is 1.79. The van der Waals surface area contributed by atoms with Crippen LogP contribution in [0.5, 0.6) is 0 Å².